The van der Waals surface area contributed by atoms with Crippen LogP contribution in [0.1, 0.15) is 5.56 Å². The average molecular weight is 235 g/mol. The SMILES string of the molecule is Cc1ccc(Oc2ccc(Cl)cc2)c(O)c1. The average Bonchev–Trinajstić information content (AvgIpc) is 2.25. The summed E-state index contributed by atoms with van der Waals surface area (Å²) in [6, 6.07) is 12.3. The number of halogens is 1. The van der Waals surface area contributed by atoms with Crippen LogP contribution in [-0.2, 0) is 0 Å². The standard InChI is InChI=1S/C13H11ClO2/c1-9-2-7-13(12(15)8-9)16-11-5-3-10(14)4-6-11/h2-8,15H,1H3. The van der Waals surface area contributed by atoms with Crippen molar-refractivity contribution in [3.8, 4) is 17.2 Å². The lowest BCUT2D eigenvalue weighted by Gasteiger charge is -2.07. The number of rotatable bonds is 2. The molecular formula is C13H11ClO2. The second kappa shape index (κ2) is 4.45. The van der Waals surface area contributed by atoms with Crippen LogP contribution in [0.4, 0.5) is 0 Å². The van der Waals surface area contributed by atoms with E-state index in [9.17, 15) is 5.11 Å². The van der Waals surface area contributed by atoms with Crippen LogP contribution in [-0.4, -0.2) is 5.11 Å². The topological polar surface area (TPSA) is 29.5 Å². The normalized spacial score (nSPS) is 10.1. The summed E-state index contributed by atoms with van der Waals surface area (Å²) in [4.78, 5) is 0. The third kappa shape index (κ3) is 2.47. The molecule has 2 rings (SSSR count). The molecule has 0 aromatic heterocycles. The smallest absolute Gasteiger partial charge is 0.169 e. The van der Waals surface area contributed by atoms with Gasteiger partial charge in [-0.25, -0.2) is 0 Å². The highest BCUT2D eigenvalue weighted by Gasteiger charge is 2.03. The first-order valence-electron chi connectivity index (χ1n) is 4.88. The molecule has 0 saturated heterocycles. The Morgan fingerprint density at radius 2 is 1.75 bits per heavy atom. The van der Waals surface area contributed by atoms with Gasteiger partial charge in [0.25, 0.3) is 0 Å². The van der Waals surface area contributed by atoms with Crippen LogP contribution in [0.5, 0.6) is 17.2 Å². The Morgan fingerprint density at radius 3 is 2.38 bits per heavy atom. The third-order valence-corrected chi connectivity index (χ3v) is 2.41. The highest BCUT2D eigenvalue weighted by atomic mass is 35.5. The zero-order valence-corrected chi connectivity index (χ0v) is 9.53. The summed E-state index contributed by atoms with van der Waals surface area (Å²) < 4.78 is 5.51. The zero-order chi connectivity index (χ0) is 11.5. The molecule has 0 radical (unpaired) electrons. The molecule has 0 heterocycles. The van der Waals surface area contributed by atoms with Crippen molar-refractivity contribution in [3.05, 3.63) is 53.1 Å². The van der Waals surface area contributed by atoms with Gasteiger partial charge in [0.1, 0.15) is 5.75 Å². The second-order valence-corrected chi connectivity index (χ2v) is 3.96. The summed E-state index contributed by atoms with van der Waals surface area (Å²) >= 11 is 5.76. The van der Waals surface area contributed by atoms with Gasteiger partial charge in [0, 0.05) is 5.02 Å². The first kappa shape index (κ1) is 10.8. The molecule has 3 heteroatoms. The van der Waals surface area contributed by atoms with E-state index in [2.05, 4.69) is 0 Å². The van der Waals surface area contributed by atoms with Crippen LogP contribution in [0.15, 0.2) is 42.5 Å². The Labute approximate surface area is 99.1 Å². The minimum absolute atomic E-state index is 0.134. The number of phenolic OH excluding ortho intramolecular Hbond substituents is 1. The van der Waals surface area contributed by atoms with Gasteiger partial charge in [-0.1, -0.05) is 17.7 Å². The summed E-state index contributed by atoms with van der Waals surface area (Å²) in [5.74, 6) is 1.21. The van der Waals surface area contributed by atoms with E-state index in [1.807, 2.05) is 13.0 Å². The van der Waals surface area contributed by atoms with Gasteiger partial charge in [0.15, 0.2) is 11.5 Å². The highest BCUT2D eigenvalue weighted by Crippen LogP contribution is 2.31. The van der Waals surface area contributed by atoms with Gasteiger partial charge in [0.2, 0.25) is 0 Å². The quantitative estimate of drug-likeness (QED) is 0.846. The van der Waals surface area contributed by atoms with Crippen LogP contribution in [0, 0.1) is 6.92 Å². The predicted molar refractivity (Wildman–Crippen MR) is 64.4 cm³/mol. The van der Waals surface area contributed by atoms with E-state index >= 15 is 0 Å². The summed E-state index contributed by atoms with van der Waals surface area (Å²) in [7, 11) is 0. The van der Waals surface area contributed by atoms with Gasteiger partial charge < -0.3 is 9.84 Å². The number of ether oxygens (including phenoxy) is 1. The minimum Gasteiger partial charge on any atom is -0.504 e. The molecule has 82 valence electrons. The summed E-state index contributed by atoms with van der Waals surface area (Å²) in [5, 5.41) is 10.3. The molecule has 2 aromatic rings. The van der Waals surface area contributed by atoms with Gasteiger partial charge in [-0.05, 0) is 48.9 Å². The Balaban J connectivity index is 2.23. The van der Waals surface area contributed by atoms with Crippen molar-refractivity contribution in [2.45, 2.75) is 6.92 Å². The van der Waals surface area contributed by atoms with Crippen molar-refractivity contribution in [1.82, 2.24) is 0 Å². The molecule has 0 spiro atoms. The summed E-state index contributed by atoms with van der Waals surface area (Å²) in [5.41, 5.74) is 0.987. The van der Waals surface area contributed by atoms with Gasteiger partial charge in [-0.2, -0.15) is 0 Å². The maximum atomic E-state index is 9.66. The van der Waals surface area contributed by atoms with Crippen molar-refractivity contribution < 1.29 is 9.84 Å². The number of hydrogen-bond acceptors (Lipinski definition) is 2. The molecule has 0 unspecified atom stereocenters. The van der Waals surface area contributed by atoms with Gasteiger partial charge in [0.05, 0.1) is 0 Å². The van der Waals surface area contributed by atoms with E-state index in [0.717, 1.165) is 5.56 Å². The Bertz CT molecular complexity index is 492. The molecule has 1 N–H and O–H groups in total. The number of aryl methyl sites for hydroxylation is 1. The van der Waals surface area contributed by atoms with Crippen molar-refractivity contribution in [3.63, 3.8) is 0 Å². The lowest BCUT2D eigenvalue weighted by atomic mass is 10.2. The monoisotopic (exact) mass is 234 g/mol. The fraction of sp³-hybridized carbons (Fsp3) is 0.0769. The molecule has 2 nitrogen and oxygen atoms in total. The molecule has 0 aliphatic heterocycles. The summed E-state index contributed by atoms with van der Waals surface area (Å²) in [6.07, 6.45) is 0. The first-order valence-corrected chi connectivity index (χ1v) is 5.26. The molecule has 0 amide bonds. The number of phenols is 1. The third-order valence-electron chi connectivity index (χ3n) is 2.16. The fourth-order valence-electron chi connectivity index (χ4n) is 1.34. The van der Waals surface area contributed by atoms with E-state index in [1.165, 1.54) is 0 Å². The van der Waals surface area contributed by atoms with Crippen LogP contribution in [0.2, 0.25) is 5.02 Å². The van der Waals surface area contributed by atoms with Crippen molar-refractivity contribution >= 4 is 11.6 Å². The van der Waals surface area contributed by atoms with Crippen LogP contribution < -0.4 is 4.74 Å². The second-order valence-electron chi connectivity index (χ2n) is 3.53. The maximum absolute atomic E-state index is 9.66. The van der Waals surface area contributed by atoms with Crippen LogP contribution in [0.3, 0.4) is 0 Å². The number of aromatic hydroxyl groups is 1. The molecule has 0 aliphatic carbocycles. The molecule has 0 atom stereocenters. The summed E-state index contributed by atoms with van der Waals surface area (Å²) in [6.45, 7) is 1.91. The molecule has 0 aliphatic rings. The largest absolute Gasteiger partial charge is 0.504 e. The lowest BCUT2D eigenvalue weighted by molar-refractivity contribution is 0.411. The number of hydrogen-bond donors (Lipinski definition) is 1. The number of benzene rings is 2. The Kier molecular flexibility index (Phi) is 3.02. The van der Waals surface area contributed by atoms with Crippen LogP contribution in [0.25, 0.3) is 0 Å². The van der Waals surface area contributed by atoms with E-state index in [1.54, 1.807) is 36.4 Å². The molecule has 2 aromatic carbocycles. The van der Waals surface area contributed by atoms with Crippen molar-refractivity contribution in [2.75, 3.05) is 0 Å². The predicted octanol–water partition coefficient (Wildman–Crippen LogP) is 4.15. The fourth-order valence-corrected chi connectivity index (χ4v) is 1.47. The van der Waals surface area contributed by atoms with Gasteiger partial charge in [-0.15, -0.1) is 0 Å². The molecule has 0 bridgehead atoms. The van der Waals surface area contributed by atoms with E-state index < -0.39 is 0 Å². The van der Waals surface area contributed by atoms with E-state index in [0.29, 0.717) is 16.5 Å². The molecular weight excluding hydrogens is 224 g/mol. The van der Waals surface area contributed by atoms with Crippen LogP contribution >= 0.6 is 11.6 Å². The van der Waals surface area contributed by atoms with E-state index in [4.69, 9.17) is 16.3 Å². The maximum Gasteiger partial charge on any atom is 0.169 e. The Hall–Kier alpha value is -1.67. The van der Waals surface area contributed by atoms with Gasteiger partial charge >= 0.3 is 0 Å². The minimum atomic E-state index is 0.134. The van der Waals surface area contributed by atoms with Gasteiger partial charge in [-0.3, -0.25) is 0 Å². The zero-order valence-electron chi connectivity index (χ0n) is 8.77. The highest BCUT2D eigenvalue weighted by molar-refractivity contribution is 6.30. The van der Waals surface area contributed by atoms with E-state index in [-0.39, 0.29) is 5.75 Å². The Morgan fingerprint density at radius 1 is 1.06 bits per heavy atom. The molecule has 0 saturated carbocycles. The molecule has 16 heavy (non-hydrogen) atoms. The molecule has 0 fully saturated rings. The lowest BCUT2D eigenvalue weighted by Crippen LogP contribution is -1.85. The van der Waals surface area contributed by atoms with Crippen molar-refractivity contribution in [2.24, 2.45) is 0 Å². The van der Waals surface area contributed by atoms with Crippen molar-refractivity contribution in [1.29, 1.82) is 0 Å². The first-order chi connectivity index (χ1) is 7.65.